The Balaban J connectivity index is 1.42. The van der Waals surface area contributed by atoms with Crippen molar-refractivity contribution in [2.24, 2.45) is 0 Å². The summed E-state index contributed by atoms with van der Waals surface area (Å²) in [4.78, 5) is 4.90. The van der Waals surface area contributed by atoms with Gasteiger partial charge in [-0.1, -0.05) is 30.3 Å². The van der Waals surface area contributed by atoms with Crippen molar-refractivity contribution in [1.82, 2.24) is 15.1 Å². The molecule has 2 heterocycles. The number of aryl methyl sites for hydroxylation is 1. The summed E-state index contributed by atoms with van der Waals surface area (Å²) in [6.07, 6.45) is 0. The van der Waals surface area contributed by atoms with E-state index in [2.05, 4.69) is 59.0 Å². The molecule has 3 aromatic rings. The first kappa shape index (κ1) is 17.7. The predicted molar refractivity (Wildman–Crippen MR) is 108 cm³/mol. The Morgan fingerprint density at radius 2 is 1.63 bits per heavy atom. The quantitative estimate of drug-likeness (QED) is 0.695. The predicted octanol–water partition coefficient (Wildman–Crippen LogP) is 4.24. The van der Waals surface area contributed by atoms with Gasteiger partial charge in [0.25, 0.3) is 0 Å². The topological polar surface area (TPSA) is 45.4 Å². The first-order valence-corrected chi connectivity index (χ1v) is 9.57. The third-order valence-electron chi connectivity index (χ3n) is 5.60. The Bertz CT molecular complexity index is 898. The molecular weight excluding hydrogens is 336 g/mol. The Morgan fingerprint density at radius 3 is 2.37 bits per heavy atom. The lowest BCUT2D eigenvalue weighted by Crippen LogP contribution is -2.47. The third kappa shape index (κ3) is 3.60. The van der Waals surface area contributed by atoms with Crippen molar-refractivity contribution in [3.63, 3.8) is 0 Å². The van der Waals surface area contributed by atoms with Crippen molar-refractivity contribution in [2.45, 2.75) is 26.8 Å². The minimum absolute atomic E-state index is 0.121. The fraction of sp³-hybridized carbons (Fsp3) is 0.364. The maximum Gasteiger partial charge on any atom is 0.247 e. The van der Waals surface area contributed by atoms with Crippen molar-refractivity contribution in [3.8, 4) is 11.5 Å². The van der Waals surface area contributed by atoms with E-state index in [0.717, 1.165) is 31.7 Å². The highest BCUT2D eigenvalue weighted by Gasteiger charge is 2.26. The van der Waals surface area contributed by atoms with Crippen LogP contribution in [0.3, 0.4) is 0 Å². The lowest BCUT2D eigenvalue weighted by Gasteiger charge is -2.38. The molecule has 0 bridgehead atoms. The van der Waals surface area contributed by atoms with Crippen molar-refractivity contribution in [2.75, 3.05) is 31.1 Å². The zero-order valence-electron chi connectivity index (χ0n) is 16.2. The van der Waals surface area contributed by atoms with Gasteiger partial charge in [-0.3, -0.25) is 4.90 Å². The molecule has 1 saturated heterocycles. The molecule has 1 atom stereocenters. The molecular formula is C22H26N4O. The van der Waals surface area contributed by atoms with Gasteiger partial charge in [0.1, 0.15) is 0 Å². The fourth-order valence-corrected chi connectivity index (χ4v) is 3.69. The average molecular weight is 362 g/mol. The van der Waals surface area contributed by atoms with Gasteiger partial charge >= 0.3 is 0 Å². The van der Waals surface area contributed by atoms with E-state index >= 15 is 0 Å². The van der Waals surface area contributed by atoms with Gasteiger partial charge < -0.3 is 9.32 Å². The number of nitrogens with zero attached hydrogens (tertiary/aromatic N) is 4. The Morgan fingerprint density at radius 1 is 0.889 bits per heavy atom. The summed E-state index contributed by atoms with van der Waals surface area (Å²) in [5.74, 6) is 1.28. The van der Waals surface area contributed by atoms with Gasteiger partial charge in [0.2, 0.25) is 11.8 Å². The van der Waals surface area contributed by atoms with Gasteiger partial charge in [-0.2, -0.15) is 0 Å². The van der Waals surface area contributed by atoms with Gasteiger partial charge in [0, 0.05) is 37.4 Å². The summed E-state index contributed by atoms with van der Waals surface area (Å²) in [5.41, 5.74) is 5.04. The van der Waals surface area contributed by atoms with Gasteiger partial charge in [0.05, 0.1) is 6.04 Å². The molecule has 4 rings (SSSR count). The van der Waals surface area contributed by atoms with Crippen LogP contribution in [0.1, 0.15) is 30.0 Å². The van der Waals surface area contributed by atoms with E-state index in [-0.39, 0.29) is 6.04 Å². The molecule has 5 heteroatoms. The highest BCUT2D eigenvalue weighted by molar-refractivity contribution is 5.56. The average Bonchev–Trinajstić information content (AvgIpc) is 3.21. The van der Waals surface area contributed by atoms with Crippen LogP contribution in [0.25, 0.3) is 11.5 Å². The van der Waals surface area contributed by atoms with Crippen LogP contribution in [0.5, 0.6) is 0 Å². The van der Waals surface area contributed by atoms with E-state index in [1.54, 1.807) is 0 Å². The summed E-state index contributed by atoms with van der Waals surface area (Å²) in [6.45, 7) is 10.5. The summed E-state index contributed by atoms with van der Waals surface area (Å²) in [5, 5.41) is 8.53. The number of piperazine rings is 1. The molecule has 1 unspecified atom stereocenters. The molecule has 2 aromatic carbocycles. The molecule has 0 radical (unpaired) electrons. The van der Waals surface area contributed by atoms with Crippen molar-refractivity contribution in [3.05, 3.63) is 65.5 Å². The first-order valence-electron chi connectivity index (χ1n) is 9.57. The SMILES string of the molecule is Cc1cccc(N2CCN(C(C)c3nnc(-c4ccccc4)o3)CC2)c1C. The van der Waals surface area contributed by atoms with E-state index in [0.29, 0.717) is 11.8 Å². The van der Waals surface area contributed by atoms with E-state index in [4.69, 9.17) is 4.42 Å². The molecule has 27 heavy (non-hydrogen) atoms. The number of hydrogen-bond acceptors (Lipinski definition) is 5. The van der Waals surface area contributed by atoms with Crippen LogP contribution < -0.4 is 4.90 Å². The molecule has 1 aliphatic heterocycles. The van der Waals surface area contributed by atoms with Crippen LogP contribution in [0.15, 0.2) is 52.9 Å². The second kappa shape index (κ2) is 7.53. The van der Waals surface area contributed by atoms with Gasteiger partial charge in [-0.05, 0) is 50.1 Å². The summed E-state index contributed by atoms with van der Waals surface area (Å²) >= 11 is 0. The zero-order chi connectivity index (χ0) is 18.8. The molecule has 0 amide bonds. The molecule has 1 fully saturated rings. The molecule has 0 spiro atoms. The first-order chi connectivity index (χ1) is 13.1. The van der Waals surface area contributed by atoms with Crippen molar-refractivity contribution < 1.29 is 4.42 Å². The second-order valence-electron chi connectivity index (χ2n) is 7.23. The molecule has 1 aliphatic rings. The fourth-order valence-electron chi connectivity index (χ4n) is 3.69. The van der Waals surface area contributed by atoms with Crippen LogP contribution in [-0.4, -0.2) is 41.3 Å². The van der Waals surface area contributed by atoms with Gasteiger partial charge in [-0.15, -0.1) is 10.2 Å². The smallest absolute Gasteiger partial charge is 0.247 e. The van der Waals surface area contributed by atoms with Crippen molar-refractivity contribution in [1.29, 1.82) is 0 Å². The van der Waals surface area contributed by atoms with Crippen molar-refractivity contribution >= 4 is 5.69 Å². The molecule has 0 aliphatic carbocycles. The second-order valence-corrected chi connectivity index (χ2v) is 7.23. The Kier molecular flexibility index (Phi) is 4.94. The van der Waals surface area contributed by atoms with Crippen LogP contribution in [0, 0.1) is 13.8 Å². The summed E-state index contributed by atoms with van der Waals surface area (Å²) in [6, 6.07) is 16.6. The molecule has 140 valence electrons. The van der Waals surface area contributed by atoms with Gasteiger partial charge in [-0.25, -0.2) is 0 Å². The summed E-state index contributed by atoms with van der Waals surface area (Å²) < 4.78 is 5.95. The number of rotatable bonds is 4. The highest BCUT2D eigenvalue weighted by Crippen LogP contribution is 2.27. The largest absolute Gasteiger partial charge is 0.419 e. The van der Waals surface area contributed by atoms with Crippen LogP contribution in [-0.2, 0) is 0 Å². The minimum atomic E-state index is 0.121. The van der Waals surface area contributed by atoms with E-state index < -0.39 is 0 Å². The van der Waals surface area contributed by atoms with E-state index in [9.17, 15) is 0 Å². The minimum Gasteiger partial charge on any atom is -0.419 e. The number of anilines is 1. The normalized spacial score (nSPS) is 16.5. The highest BCUT2D eigenvalue weighted by atomic mass is 16.4. The Hall–Kier alpha value is -2.66. The van der Waals surface area contributed by atoms with E-state index in [1.165, 1.54) is 16.8 Å². The third-order valence-corrected chi connectivity index (χ3v) is 5.60. The lowest BCUT2D eigenvalue weighted by atomic mass is 10.1. The maximum atomic E-state index is 5.95. The van der Waals surface area contributed by atoms with Gasteiger partial charge in [0.15, 0.2) is 0 Å². The molecule has 0 saturated carbocycles. The maximum absolute atomic E-state index is 5.95. The lowest BCUT2D eigenvalue weighted by molar-refractivity contribution is 0.173. The zero-order valence-corrected chi connectivity index (χ0v) is 16.2. The standard InChI is InChI=1S/C22H26N4O/c1-16-8-7-11-20(17(16)2)26-14-12-25(13-15-26)18(3)21-23-24-22(27-21)19-9-5-4-6-10-19/h4-11,18H,12-15H2,1-3H3. The van der Waals surface area contributed by atoms with E-state index in [1.807, 2.05) is 30.3 Å². The molecule has 0 N–H and O–H groups in total. The molecule has 5 nitrogen and oxygen atoms in total. The van der Waals surface area contributed by atoms with Crippen LogP contribution >= 0.6 is 0 Å². The number of benzene rings is 2. The Labute approximate surface area is 160 Å². The number of hydrogen-bond donors (Lipinski definition) is 0. The van der Waals surface area contributed by atoms with Crippen LogP contribution in [0.4, 0.5) is 5.69 Å². The molecule has 1 aromatic heterocycles. The van der Waals surface area contributed by atoms with Crippen LogP contribution in [0.2, 0.25) is 0 Å². The summed E-state index contributed by atoms with van der Waals surface area (Å²) in [7, 11) is 0. The number of aromatic nitrogens is 2. The monoisotopic (exact) mass is 362 g/mol.